The van der Waals surface area contributed by atoms with Crippen LogP contribution >= 0.6 is 0 Å². The van der Waals surface area contributed by atoms with E-state index in [9.17, 15) is 0 Å². The summed E-state index contributed by atoms with van der Waals surface area (Å²) in [6.07, 6.45) is 9.76. The second-order valence-electron chi connectivity index (χ2n) is 12.8. The third kappa shape index (κ3) is 9.20. The van der Waals surface area contributed by atoms with E-state index in [1.807, 2.05) is 24.3 Å². The van der Waals surface area contributed by atoms with E-state index >= 15 is 0 Å². The molecule has 42 heavy (non-hydrogen) atoms. The van der Waals surface area contributed by atoms with Gasteiger partial charge >= 0.3 is 0 Å². The highest BCUT2D eigenvalue weighted by atomic mass is 28.4. The van der Waals surface area contributed by atoms with Crippen LogP contribution in [0, 0.1) is 0 Å². The van der Waals surface area contributed by atoms with Gasteiger partial charge in [0.2, 0.25) is 0 Å². The van der Waals surface area contributed by atoms with Crippen LogP contribution in [0.2, 0.25) is 18.1 Å². The molecule has 230 valence electrons. The molecule has 0 radical (unpaired) electrons. The number of hydrogen-bond acceptors (Lipinski definition) is 4. The lowest BCUT2D eigenvalue weighted by Crippen LogP contribution is -2.40. The Morgan fingerprint density at radius 3 is 1.36 bits per heavy atom. The smallest absolute Gasteiger partial charge is 0.191 e. The van der Waals surface area contributed by atoms with Gasteiger partial charge in [0.15, 0.2) is 8.32 Å². The van der Waals surface area contributed by atoms with Crippen molar-refractivity contribution in [2.75, 3.05) is 27.4 Å². The van der Waals surface area contributed by atoms with Gasteiger partial charge in [0, 0.05) is 13.2 Å². The number of unbranched alkanes of at least 4 members (excludes halogenated alkanes) is 7. The van der Waals surface area contributed by atoms with Crippen molar-refractivity contribution in [3.05, 3.63) is 95.6 Å². The maximum atomic E-state index is 6.97. The predicted octanol–water partition coefficient (Wildman–Crippen LogP) is 10.2. The van der Waals surface area contributed by atoms with Gasteiger partial charge in [0.05, 0.1) is 14.2 Å². The van der Waals surface area contributed by atoms with Gasteiger partial charge in [-0.25, -0.2) is 0 Å². The minimum atomic E-state index is -1.61. The second-order valence-corrected chi connectivity index (χ2v) is 17.6. The summed E-state index contributed by atoms with van der Waals surface area (Å²) >= 11 is 0. The van der Waals surface area contributed by atoms with Crippen LogP contribution < -0.4 is 9.47 Å². The van der Waals surface area contributed by atoms with Crippen molar-refractivity contribution in [3.63, 3.8) is 0 Å². The summed E-state index contributed by atoms with van der Waals surface area (Å²) in [6.45, 7) is 13.2. The van der Waals surface area contributed by atoms with E-state index < -0.39 is 13.9 Å². The van der Waals surface area contributed by atoms with Gasteiger partial charge in [-0.15, -0.1) is 0 Å². The average molecular weight is 591 g/mol. The van der Waals surface area contributed by atoms with Crippen molar-refractivity contribution in [1.82, 2.24) is 0 Å². The Morgan fingerprint density at radius 1 is 0.524 bits per heavy atom. The minimum Gasteiger partial charge on any atom is -0.497 e. The SMILES string of the molecule is COc1ccc(C(OCCCCCCCCCCO[Si](C)(C)C(C)(C)C)(c2ccccc2)c2ccc(OC)cc2)cc1. The van der Waals surface area contributed by atoms with Crippen LogP contribution in [0.1, 0.15) is 88.8 Å². The normalized spacial score (nSPS) is 12.4. The molecule has 0 unspecified atom stereocenters. The molecule has 0 aliphatic carbocycles. The molecule has 0 aromatic heterocycles. The lowest BCUT2D eigenvalue weighted by atomic mass is 9.80. The van der Waals surface area contributed by atoms with Gasteiger partial charge < -0.3 is 18.6 Å². The molecule has 0 atom stereocenters. The Bertz CT molecular complexity index is 1100. The summed E-state index contributed by atoms with van der Waals surface area (Å²) in [4.78, 5) is 0. The Kier molecular flexibility index (Phi) is 13.2. The van der Waals surface area contributed by atoms with Crippen LogP contribution in [-0.4, -0.2) is 35.8 Å². The Morgan fingerprint density at radius 2 is 0.929 bits per heavy atom. The molecule has 0 spiro atoms. The van der Waals surface area contributed by atoms with E-state index in [1.165, 1.54) is 44.9 Å². The third-order valence-corrected chi connectivity index (χ3v) is 13.3. The summed E-state index contributed by atoms with van der Waals surface area (Å²) in [5.74, 6) is 1.66. The molecule has 3 rings (SSSR count). The summed E-state index contributed by atoms with van der Waals surface area (Å²) in [6, 6.07) is 27.1. The first-order valence-electron chi connectivity index (χ1n) is 15.8. The largest absolute Gasteiger partial charge is 0.497 e. The Balaban J connectivity index is 1.56. The monoisotopic (exact) mass is 590 g/mol. The fraction of sp³-hybridized carbons (Fsp3) is 0.514. The van der Waals surface area contributed by atoms with Gasteiger partial charge in [-0.05, 0) is 71.9 Å². The highest BCUT2D eigenvalue weighted by molar-refractivity contribution is 6.74. The van der Waals surface area contributed by atoms with Crippen LogP contribution in [0.5, 0.6) is 11.5 Å². The quantitative estimate of drug-likeness (QED) is 0.0839. The number of hydrogen-bond donors (Lipinski definition) is 0. The molecule has 0 amide bonds. The average Bonchev–Trinajstić information content (AvgIpc) is 3.00. The number of methoxy groups -OCH3 is 2. The zero-order valence-corrected chi connectivity index (χ0v) is 28.2. The van der Waals surface area contributed by atoms with Gasteiger partial charge in [-0.2, -0.15) is 0 Å². The summed E-state index contributed by atoms with van der Waals surface area (Å²) in [5.41, 5.74) is 2.54. The maximum Gasteiger partial charge on any atom is 0.191 e. The highest BCUT2D eigenvalue weighted by Gasteiger charge is 2.38. The second kappa shape index (κ2) is 16.3. The fourth-order valence-corrected chi connectivity index (χ4v) is 6.20. The highest BCUT2D eigenvalue weighted by Crippen LogP contribution is 2.42. The molecule has 0 fully saturated rings. The Labute approximate surface area is 256 Å². The number of ether oxygens (including phenoxy) is 3. The van der Waals surface area contributed by atoms with Crippen LogP contribution in [-0.2, 0) is 14.8 Å². The first-order valence-corrected chi connectivity index (χ1v) is 18.7. The van der Waals surface area contributed by atoms with Gasteiger partial charge in [0.1, 0.15) is 17.1 Å². The molecule has 0 saturated carbocycles. The zero-order chi connectivity index (χ0) is 30.5. The molecule has 4 nitrogen and oxygen atoms in total. The lowest BCUT2D eigenvalue weighted by Gasteiger charge is -2.36. The molecule has 0 bridgehead atoms. The Hall–Kier alpha value is -2.60. The van der Waals surface area contributed by atoms with Gasteiger partial charge in [-0.1, -0.05) is 114 Å². The van der Waals surface area contributed by atoms with Gasteiger partial charge in [0.25, 0.3) is 0 Å². The van der Waals surface area contributed by atoms with E-state index in [1.54, 1.807) is 14.2 Å². The first kappa shape index (κ1) is 33.9. The van der Waals surface area contributed by atoms with E-state index in [-0.39, 0.29) is 0 Å². The summed E-state index contributed by atoms with van der Waals surface area (Å²) < 4.78 is 24.2. The lowest BCUT2D eigenvalue weighted by molar-refractivity contribution is 0.0106. The van der Waals surface area contributed by atoms with Crippen molar-refractivity contribution in [3.8, 4) is 11.5 Å². The molecule has 5 heteroatoms. The van der Waals surface area contributed by atoms with Crippen molar-refractivity contribution in [2.24, 2.45) is 0 Å². The van der Waals surface area contributed by atoms with Crippen LogP contribution in [0.25, 0.3) is 0 Å². The standard InChI is InChI=1S/C37H54O4Si/c1-36(2,3)42(6,7)41-30-18-13-11-9-8-10-12-17-29-40-37(31-19-15-14-16-20-31,32-21-25-34(38-4)26-22-32)33-23-27-35(39-5)28-24-33/h14-16,19-28H,8-13,17-18,29-30H2,1-7H3. The molecule has 3 aromatic carbocycles. The summed E-state index contributed by atoms with van der Waals surface area (Å²) in [7, 11) is 1.79. The molecule has 0 saturated heterocycles. The van der Waals surface area contributed by atoms with Crippen LogP contribution in [0.3, 0.4) is 0 Å². The predicted molar refractivity (Wildman–Crippen MR) is 178 cm³/mol. The molecule has 0 heterocycles. The van der Waals surface area contributed by atoms with Crippen LogP contribution in [0.15, 0.2) is 78.9 Å². The topological polar surface area (TPSA) is 36.9 Å². The minimum absolute atomic E-state index is 0.292. The molecule has 0 aliphatic rings. The van der Waals surface area contributed by atoms with Crippen molar-refractivity contribution >= 4 is 8.32 Å². The molecular weight excluding hydrogens is 536 g/mol. The summed E-state index contributed by atoms with van der Waals surface area (Å²) in [5, 5.41) is 0.292. The number of rotatable bonds is 18. The van der Waals surface area contributed by atoms with E-state index in [2.05, 4.69) is 88.5 Å². The van der Waals surface area contributed by atoms with Crippen molar-refractivity contribution in [2.45, 2.75) is 95.9 Å². The van der Waals surface area contributed by atoms with E-state index in [4.69, 9.17) is 18.6 Å². The maximum absolute atomic E-state index is 6.97. The van der Waals surface area contributed by atoms with E-state index in [0.29, 0.717) is 11.6 Å². The third-order valence-electron chi connectivity index (χ3n) is 8.80. The fourth-order valence-electron chi connectivity index (χ4n) is 5.11. The molecule has 3 aromatic rings. The van der Waals surface area contributed by atoms with Crippen LogP contribution in [0.4, 0.5) is 0 Å². The van der Waals surface area contributed by atoms with Gasteiger partial charge in [-0.3, -0.25) is 0 Å². The van der Waals surface area contributed by atoms with Crippen molar-refractivity contribution in [1.29, 1.82) is 0 Å². The van der Waals surface area contributed by atoms with Crippen molar-refractivity contribution < 1.29 is 18.6 Å². The first-order chi connectivity index (χ1) is 20.1. The molecule has 0 aliphatic heterocycles. The molecular formula is C37H54O4Si. The molecule has 0 N–H and O–H groups in total. The van der Waals surface area contributed by atoms with E-state index in [0.717, 1.165) is 41.2 Å². The number of benzene rings is 3. The zero-order valence-electron chi connectivity index (χ0n) is 27.2.